The lowest BCUT2D eigenvalue weighted by Gasteiger charge is -2.10. The molecule has 0 aliphatic carbocycles. The summed E-state index contributed by atoms with van der Waals surface area (Å²) in [5, 5.41) is 8.85. The Bertz CT molecular complexity index is 524. The fourth-order valence-electron chi connectivity index (χ4n) is 1.32. The maximum atomic E-state index is 12.5. The Hall–Kier alpha value is -1.76. The Kier molecular flexibility index (Phi) is 3.42. The van der Waals surface area contributed by atoms with E-state index in [1.807, 2.05) is 0 Å². The summed E-state index contributed by atoms with van der Waals surface area (Å²) >= 11 is 5.55. The summed E-state index contributed by atoms with van der Waals surface area (Å²) in [7, 11) is 0. The van der Waals surface area contributed by atoms with Crippen molar-refractivity contribution in [1.29, 1.82) is 0 Å². The molecule has 0 atom stereocenters. The molecule has 8 heteroatoms. The molecule has 2 rings (SSSR count). The fourth-order valence-corrected chi connectivity index (χ4v) is 1.53. The summed E-state index contributed by atoms with van der Waals surface area (Å²) in [6.45, 7) is 0.307. The highest BCUT2D eigenvalue weighted by molar-refractivity contribution is 6.29. The minimum atomic E-state index is -4.45. The van der Waals surface area contributed by atoms with Crippen LogP contribution in [0.5, 0.6) is 0 Å². The van der Waals surface area contributed by atoms with Crippen LogP contribution in [0.3, 0.4) is 0 Å². The molecule has 0 aliphatic heterocycles. The number of nitrogens with zero attached hydrogens (tertiary/aromatic N) is 2. The molecular weight excluding hydrogens is 269 g/mol. The average Bonchev–Trinajstić information content (AvgIpc) is 2.77. The highest BCUT2D eigenvalue weighted by Gasteiger charge is 2.31. The normalized spacial score (nSPS) is 11.6. The largest absolute Gasteiger partial charge is 0.416 e. The van der Waals surface area contributed by atoms with Crippen molar-refractivity contribution in [2.75, 3.05) is 5.32 Å². The molecule has 0 saturated heterocycles. The second-order valence-electron chi connectivity index (χ2n) is 3.52. The monoisotopic (exact) mass is 276 g/mol. The molecule has 0 spiro atoms. The van der Waals surface area contributed by atoms with E-state index in [2.05, 4.69) is 20.5 Å². The van der Waals surface area contributed by atoms with E-state index >= 15 is 0 Å². The van der Waals surface area contributed by atoms with Gasteiger partial charge in [0.05, 0.1) is 11.8 Å². The third-order valence-corrected chi connectivity index (χ3v) is 2.34. The quantitative estimate of drug-likeness (QED) is 0.847. The number of nitrogens with one attached hydrogen (secondary N) is 2. The van der Waals surface area contributed by atoms with Gasteiger partial charge in [0.15, 0.2) is 0 Å². The lowest BCUT2D eigenvalue weighted by atomic mass is 10.2. The molecule has 4 nitrogen and oxygen atoms in total. The van der Waals surface area contributed by atoms with Crippen LogP contribution < -0.4 is 5.32 Å². The number of aromatic nitrogens is 3. The van der Waals surface area contributed by atoms with E-state index in [-0.39, 0.29) is 11.0 Å². The van der Waals surface area contributed by atoms with Gasteiger partial charge in [-0.3, -0.25) is 5.10 Å². The zero-order valence-corrected chi connectivity index (χ0v) is 9.68. The van der Waals surface area contributed by atoms with Crippen LogP contribution in [0.1, 0.15) is 11.1 Å². The highest BCUT2D eigenvalue weighted by atomic mass is 35.5. The van der Waals surface area contributed by atoms with Crippen molar-refractivity contribution in [3.05, 3.63) is 40.8 Å². The van der Waals surface area contributed by atoms with Crippen molar-refractivity contribution in [1.82, 2.24) is 15.2 Å². The van der Waals surface area contributed by atoms with Gasteiger partial charge in [0.2, 0.25) is 0 Å². The minimum absolute atomic E-state index is 0.0658. The zero-order chi connectivity index (χ0) is 13.2. The Balaban J connectivity index is 2.15. The first kappa shape index (κ1) is 12.7. The summed E-state index contributed by atoms with van der Waals surface area (Å²) in [4.78, 5) is 3.77. The number of H-pyrrole nitrogens is 1. The number of anilines is 1. The Morgan fingerprint density at radius 1 is 1.33 bits per heavy atom. The first-order valence-corrected chi connectivity index (χ1v) is 5.29. The molecule has 0 saturated carbocycles. The van der Waals surface area contributed by atoms with Crippen molar-refractivity contribution in [2.24, 2.45) is 0 Å². The van der Waals surface area contributed by atoms with Crippen LogP contribution in [-0.4, -0.2) is 15.2 Å². The number of aromatic amines is 1. The van der Waals surface area contributed by atoms with Crippen LogP contribution in [0.15, 0.2) is 24.5 Å². The van der Waals surface area contributed by atoms with Crippen LogP contribution in [0, 0.1) is 0 Å². The number of halogens is 4. The number of alkyl halides is 3. The second kappa shape index (κ2) is 4.85. The first-order valence-electron chi connectivity index (χ1n) is 4.91. The zero-order valence-electron chi connectivity index (χ0n) is 8.92. The molecule has 96 valence electrons. The van der Waals surface area contributed by atoms with E-state index in [1.165, 1.54) is 0 Å². The van der Waals surface area contributed by atoms with Gasteiger partial charge in [-0.15, -0.1) is 0 Å². The Morgan fingerprint density at radius 2 is 2.11 bits per heavy atom. The van der Waals surface area contributed by atoms with Crippen molar-refractivity contribution in [3.63, 3.8) is 0 Å². The SMILES string of the molecule is FC(F)(F)c1cc(Cl)nc(NCc2cn[nH]c2)c1. The smallest absolute Gasteiger partial charge is 0.366 e. The molecule has 0 unspecified atom stereocenters. The van der Waals surface area contributed by atoms with Crippen molar-refractivity contribution < 1.29 is 13.2 Å². The van der Waals surface area contributed by atoms with Crippen molar-refractivity contribution in [2.45, 2.75) is 12.7 Å². The molecule has 0 aromatic carbocycles. The van der Waals surface area contributed by atoms with Gasteiger partial charge in [0.1, 0.15) is 11.0 Å². The van der Waals surface area contributed by atoms with Crippen LogP contribution in [0.25, 0.3) is 0 Å². The van der Waals surface area contributed by atoms with Crippen LogP contribution in [0.2, 0.25) is 5.15 Å². The third kappa shape index (κ3) is 3.13. The molecule has 2 aromatic rings. The molecule has 0 radical (unpaired) electrons. The Labute approximate surface area is 105 Å². The molecule has 0 bridgehead atoms. The second-order valence-corrected chi connectivity index (χ2v) is 3.91. The van der Waals surface area contributed by atoms with Crippen LogP contribution in [-0.2, 0) is 12.7 Å². The molecule has 2 aromatic heterocycles. The molecule has 18 heavy (non-hydrogen) atoms. The molecule has 0 amide bonds. The lowest BCUT2D eigenvalue weighted by Crippen LogP contribution is -2.08. The standard InChI is InChI=1S/C10H8ClF3N4/c11-8-1-7(10(12,13)14)2-9(18-8)15-3-6-4-16-17-5-6/h1-2,4-5H,3H2,(H,15,18)(H,16,17). The first-order chi connectivity index (χ1) is 8.45. The molecule has 2 N–H and O–H groups in total. The average molecular weight is 277 g/mol. The van der Waals surface area contributed by atoms with Gasteiger partial charge in [-0.25, -0.2) is 4.98 Å². The Morgan fingerprint density at radius 3 is 2.72 bits per heavy atom. The predicted molar refractivity (Wildman–Crippen MR) is 60.2 cm³/mol. The maximum Gasteiger partial charge on any atom is 0.416 e. The van der Waals surface area contributed by atoms with Crippen LogP contribution in [0.4, 0.5) is 19.0 Å². The molecule has 0 aliphatic rings. The van der Waals surface area contributed by atoms with Crippen LogP contribution >= 0.6 is 11.6 Å². The van der Waals surface area contributed by atoms with E-state index in [0.717, 1.165) is 17.7 Å². The topological polar surface area (TPSA) is 53.6 Å². The highest BCUT2D eigenvalue weighted by Crippen LogP contribution is 2.31. The van der Waals surface area contributed by atoms with E-state index in [1.54, 1.807) is 12.4 Å². The van der Waals surface area contributed by atoms with Gasteiger partial charge < -0.3 is 5.32 Å². The third-order valence-electron chi connectivity index (χ3n) is 2.15. The maximum absolute atomic E-state index is 12.5. The number of pyridine rings is 1. The molecule has 2 heterocycles. The van der Waals surface area contributed by atoms with E-state index in [0.29, 0.717) is 6.54 Å². The summed E-state index contributed by atoms with van der Waals surface area (Å²) in [6.07, 6.45) is -1.26. The fraction of sp³-hybridized carbons (Fsp3) is 0.200. The van der Waals surface area contributed by atoms with Crippen molar-refractivity contribution in [3.8, 4) is 0 Å². The van der Waals surface area contributed by atoms with E-state index in [9.17, 15) is 13.2 Å². The van der Waals surface area contributed by atoms with Gasteiger partial charge in [-0.05, 0) is 12.1 Å². The van der Waals surface area contributed by atoms with Gasteiger partial charge >= 0.3 is 6.18 Å². The van der Waals surface area contributed by atoms with E-state index in [4.69, 9.17) is 11.6 Å². The number of rotatable bonds is 3. The van der Waals surface area contributed by atoms with Gasteiger partial charge in [-0.1, -0.05) is 11.6 Å². The summed E-state index contributed by atoms with van der Waals surface area (Å²) in [5.74, 6) is 0.0658. The number of hydrogen-bond acceptors (Lipinski definition) is 3. The predicted octanol–water partition coefficient (Wildman–Crippen LogP) is 3.09. The van der Waals surface area contributed by atoms with Gasteiger partial charge in [-0.2, -0.15) is 18.3 Å². The minimum Gasteiger partial charge on any atom is -0.366 e. The lowest BCUT2D eigenvalue weighted by molar-refractivity contribution is -0.137. The summed E-state index contributed by atoms with van der Waals surface area (Å²) in [5.41, 5.74) is -0.0393. The van der Waals surface area contributed by atoms with Gasteiger partial charge in [0.25, 0.3) is 0 Å². The summed E-state index contributed by atoms with van der Waals surface area (Å²) < 4.78 is 37.6. The van der Waals surface area contributed by atoms with Gasteiger partial charge in [0, 0.05) is 18.3 Å². The number of hydrogen-bond donors (Lipinski definition) is 2. The molecular formula is C10H8ClF3N4. The molecule has 0 fully saturated rings. The summed E-state index contributed by atoms with van der Waals surface area (Å²) in [6, 6.07) is 1.69. The van der Waals surface area contributed by atoms with E-state index < -0.39 is 11.7 Å². The van der Waals surface area contributed by atoms with Crippen molar-refractivity contribution >= 4 is 17.4 Å².